The third kappa shape index (κ3) is 10.8. The summed E-state index contributed by atoms with van der Waals surface area (Å²) in [5, 5.41) is -0.0629. The van der Waals surface area contributed by atoms with Crippen molar-refractivity contribution in [2.24, 2.45) is 10.8 Å². The molecule has 2 heterocycles. The first-order valence-electron chi connectivity index (χ1n) is 11.6. The van der Waals surface area contributed by atoms with Crippen molar-refractivity contribution >= 4 is 47.4 Å². The zero-order chi connectivity index (χ0) is 27.9. The predicted molar refractivity (Wildman–Crippen MR) is 142 cm³/mol. The molecular weight excluding hydrogens is 545 g/mol. The second kappa shape index (κ2) is 13.7. The Morgan fingerprint density at radius 1 is 1.08 bits per heavy atom. The summed E-state index contributed by atoms with van der Waals surface area (Å²) in [4.78, 5) is 39.9. The topological polar surface area (TPSA) is 158 Å². The number of rotatable bonds is 12. The number of phosphoric ester groups is 1. The number of nitrogens with two attached hydrogens (primary N) is 1. The van der Waals surface area contributed by atoms with E-state index in [2.05, 4.69) is 4.98 Å². The normalized spacial score (nSPS) is 18.8. The molecule has 1 aromatic heterocycles. The standard InChI is InChI=1S/C22H36N3O9PS2/c1-21(2,3)18(26)36-11-9-31-35(29,32-10-12-37-19(27)22(4,5)6)33-14-17-30-13-16(34-17)25-8-7-15(23)24-20(25)28/h7-8,16-17H,9-14H2,1-6H3,(H2,23,24,28). The van der Waals surface area contributed by atoms with Crippen LogP contribution in [0.2, 0.25) is 0 Å². The molecule has 1 aliphatic rings. The van der Waals surface area contributed by atoms with E-state index in [0.29, 0.717) is 0 Å². The Hall–Kier alpha value is -1.25. The first-order chi connectivity index (χ1) is 17.1. The average molecular weight is 582 g/mol. The SMILES string of the molecule is CC(C)(C)C(=O)SCCOP(=O)(OCCSC(=O)C(C)(C)C)OCC1OCC(n2ccc(N)nc2=O)O1. The van der Waals surface area contributed by atoms with E-state index in [0.717, 1.165) is 23.5 Å². The van der Waals surface area contributed by atoms with E-state index in [1.165, 1.54) is 16.8 Å². The number of carbonyl (C=O) groups excluding carboxylic acids is 2. The van der Waals surface area contributed by atoms with Crippen molar-refractivity contribution in [1.29, 1.82) is 0 Å². The molecule has 1 fully saturated rings. The Morgan fingerprint density at radius 2 is 1.62 bits per heavy atom. The molecular formula is C22H36N3O9PS2. The fourth-order valence-corrected chi connectivity index (χ4v) is 5.56. The van der Waals surface area contributed by atoms with Gasteiger partial charge in [0.2, 0.25) is 0 Å². The molecule has 0 amide bonds. The average Bonchev–Trinajstić information content (AvgIpc) is 3.25. The number of phosphoric acid groups is 1. The van der Waals surface area contributed by atoms with Crippen molar-refractivity contribution in [3.05, 3.63) is 22.7 Å². The van der Waals surface area contributed by atoms with Gasteiger partial charge in [0.25, 0.3) is 0 Å². The van der Waals surface area contributed by atoms with E-state index < -0.39 is 36.9 Å². The first kappa shape index (κ1) is 32.0. The summed E-state index contributed by atoms with van der Waals surface area (Å²) >= 11 is 2.12. The number of carbonyl (C=O) groups is 2. The highest BCUT2D eigenvalue weighted by atomic mass is 32.2. The van der Waals surface area contributed by atoms with E-state index in [1.807, 2.05) is 0 Å². The molecule has 0 bridgehead atoms. The number of ether oxygens (including phenoxy) is 2. The summed E-state index contributed by atoms with van der Waals surface area (Å²) in [7, 11) is -4.09. The molecule has 0 spiro atoms. The monoisotopic (exact) mass is 581 g/mol. The number of nitrogens with zero attached hydrogens (tertiary/aromatic N) is 2. The van der Waals surface area contributed by atoms with Gasteiger partial charge in [0, 0.05) is 28.5 Å². The maximum absolute atomic E-state index is 13.3. The van der Waals surface area contributed by atoms with E-state index >= 15 is 0 Å². The molecule has 0 aromatic carbocycles. The fraction of sp³-hybridized carbons (Fsp3) is 0.727. The second-order valence-electron chi connectivity index (χ2n) is 10.1. The van der Waals surface area contributed by atoms with Crippen LogP contribution >= 0.6 is 31.3 Å². The number of anilines is 1. The fourth-order valence-electron chi connectivity index (χ4n) is 2.59. The molecule has 1 saturated heterocycles. The van der Waals surface area contributed by atoms with Crippen molar-refractivity contribution in [2.45, 2.75) is 54.1 Å². The summed E-state index contributed by atoms with van der Waals surface area (Å²) < 4.78 is 41.9. The van der Waals surface area contributed by atoms with Gasteiger partial charge in [0.15, 0.2) is 22.7 Å². The van der Waals surface area contributed by atoms with Crippen LogP contribution < -0.4 is 11.4 Å². The molecule has 0 aliphatic carbocycles. The Labute approximate surface area is 225 Å². The van der Waals surface area contributed by atoms with Crippen LogP contribution in [0.4, 0.5) is 5.82 Å². The smallest absolute Gasteiger partial charge is 0.383 e. The van der Waals surface area contributed by atoms with Gasteiger partial charge in [0.05, 0.1) is 19.8 Å². The first-order valence-corrected chi connectivity index (χ1v) is 15.0. The minimum absolute atomic E-state index is 0.0304. The van der Waals surface area contributed by atoms with Gasteiger partial charge >= 0.3 is 13.5 Å². The highest BCUT2D eigenvalue weighted by Crippen LogP contribution is 2.50. The van der Waals surface area contributed by atoms with Gasteiger partial charge in [-0.25, -0.2) is 9.36 Å². The number of thioether (sulfide) groups is 2. The van der Waals surface area contributed by atoms with Crippen molar-refractivity contribution in [2.75, 3.05) is 43.7 Å². The van der Waals surface area contributed by atoms with Crippen molar-refractivity contribution < 1.29 is 37.2 Å². The Balaban J connectivity index is 1.92. The van der Waals surface area contributed by atoms with Gasteiger partial charge in [-0.1, -0.05) is 65.1 Å². The lowest BCUT2D eigenvalue weighted by Gasteiger charge is -2.21. The van der Waals surface area contributed by atoms with Gasteiger partial charge < -0.3 is 15.2 Å². The molecule has 0 saturated carbocycles. The molecule has 2 N–H and O–H groups in total. The van der Waals surface area contributed by atoms with Crippen LogP contribution in [0.1, 0.15) is 47.8 Å². The van der Waals surface area contributed by atoms with Crippen LogP contribution in [0.5, 0.6) is 0 Å². The second-order valence-corrected chi connectivity index (χ2v) is 13.9. The molecule has 37 heavy (non-hydrogen) atoms. The minimum atomic E-state index is -4.09. The van der Waals surface area contributed by atoms with Gasteiger partial charge in [0.1, 0.15) is 12.4 Å². The molecule has 2 atom stereocenters. The lowest BCUT2D eigenvalue weighted by molar-refractivity contribution is -0.118. The summed E-state index contributed by atoms with van der Waals surface area (Å²) in [6.45, 7) is 10.4. The van der Waals surface area contributed by atoms with Gasteiger partial charge in [-0.05, 0) is 6.07 Å². The third-order valence-electron chi connectivity index (χ3n) is 4.62. The van der Waals surface area contributed by atoms with E-state index in [1.54, 1.807) is 41.5 Å². The number of nitrogen functional groups attached to an aromatic ring is 1. The number of hydrogen-bond acceptors (Lipinski definition) is 13. The lowest BCUT2D eigenvalue weighted by Crippen LogP contribution is -2.28. The molecule has 1 aliphatic heterocycles. The van der Waals surface area contributed by atoms with E-state index in [9.17, 15) is 18.9 Å². The largest absolute Gasteiger partial charge is 0.475 e. The Kier molecular flexibility index (Phi) is 11.8. The molecule has 1 aromatic rings. The van der Waals surface area contributed by atoms with Crippen LogP contribution in [0.3, 0.4) is 0 Å². The maximum atomic E-state index is 13.3. The summed E-state index contributed by atoms with van der Waals surface area (Å²) in [5.41, 5.74) is 3.87. The predicted octanol–water partition coefficient (Wildman–Crippen LogP) is 3.47. The zero-order valence-corrected chi connectivity index (χ0v) is 24.5. The van der Waals surface area contributed by atoms with Crippen molar-refractivity contribution in [3.8, 4) is 0 Å². The molecule has 0 radical (unpaired) electrons. The summed E-state index contributed by atoms with van der Waals surface area (Å²) in [6, 6.07) is 1.45. The minimum Gasteiger partial charge on any atom is -0.383 e. The molecule has 210 valence electrons. The zero-order valence-electron chi connectivity index (χ0n) is 22.0. The number of hydrogen-bond donors (Lipinski definition) is 1. The Morgan fingerprint density at radius 3 is 2.11 bits per heavy atom. The quantitative estimate of drug-likeness (QED) is 0.283. The van der Waals surface area contributed by atoms with E-state index in [-0.39, 0.29) is 54.0 Å². The van der Waals surface area contributed by atoms with E-state index in [4.69, 9.17) is 28.8 Å². The van der Waals surface area contributed by atoms with Crippen LogP contribution in [-0.2, 0) is 37.2 Å². The van der Waals surface area contributed by atoms with Crippen molar-refractivity contribution in [3.63, 3.8) is 0 Å². The molecule has 2 unspecified atom stereocenters. The number of aromatic nitrogens is 2. The van der Waals surface area contributed by atoms with Gasteiger partial charge in [-0.15, -0.1) is 0 Å². The Bertz CT molecular complexity index is 1000. The van der Waals surface area contributed by atoms with Gasteiger partial charge in [-0.3, -0.25) is 27.7 Å². The van der Waals surface area contributed by atoms with Crippen molar-refractivity contribution in [1.82, 2.24) is 9.55 Å². The third-order valence-corrected chi connectivity index (χ3v) is 8.57. The van der Waals surface area contributed by atoms with Crippen LogP contribution in [-0.4, -0.2) is 64.0 Å². The summed E-state index contributed by atoms with van der Waals surface area (Å²) in [6.07, 6.45) is -0.287. The van der Waals surface area contributed by atoms with Crippen LogP contribution in [0.15, 0.2) is 17.1 Å². The van der Waals surface area contributed by atoms with Crippen LogP contribution in [0, 0.1) is 10.8 Å². The highest BCUT2D eigenvalue weighted by molar-refractivity contribution is 8.14. The molecule has 12 nitrogen and oxygen atoms in total. The molecule has 15 heteroatoms. The summed E-state index contributed by atoms with van der Waals surface area (Å²) in [5.74, 6) is 0.575. The van der Waals surface area contributed by atoms with Gasteiger partial charge in [-0.2, -0.15) is 4.98 Å². The van der Waals surface area contributed by atoms with Crippen LogP contribution in [0.25, 0.3) is 0 Å². The molecule has 2 rings (SSSR count). The maximum Gasteiger partial charge on any atom is 0.475 e. The highest BCUT2D eigenvalue weighted by Gasteiger charge is 2.34. The lowest BCUT2D eigenvalue weighted by atomic mass is 9.99.